The first kappa shape index (κ1) is 24.0. The van der Waals surface area contributed by atoms with Crippen LogP contribution >= 0.6 is 28.3 Å². The number of carbonyl (C=O) groups is 1. The van der Waals surface area contributed by atoms with Gasteiger partial charge < -0.3 is 24.4 Å². The summed E-state index contributed by atoms with van der Waals surface area (Å²) in [5.74, 6) is 0.953. The number of fused-ring (bicyclic) bond motifs is 1. The van der Waals surface area contributed by atoms with Crippen LogP contribution in [0.3, 0.4) is 0 Å². The highest BCUT2D eigenvalue weighted by atomic mass is 79.9. The molecule has 2 aromatic carbocycles. The maximum absolute atomic E-state index is 14.2. The Bertz CT molecular complexity index is 1120. The molecular weight excluding hydrogens is 507 g/mol. The molecule has 0 spiro atoms. The molecule has 11 heteroatoms. The number of carbonyl (C=O) groups excluding carboxylic acids is 1. The van der Waals surface area contributed by atoms with Crippen molar-refractivity contribution >= 4 is 56.7 Å². The SMILES string of the molecule is COc1cc2c(Nc3ccc(Br)cc3F)ncnc2cc1OCCN1CCOCC1=O.Cl. The van der Waals surface area contributed by atoms with E-state index in [9.17, 15) is 9.18 Å². The van der Waals surface area contributed by atoms with Gasteiger partial charge in [0.2, 0.25) is 5.91 Å². The fourth-order valence-corrected chi connectivity index (χ4v) is 3.54. The maximum atomic E-state index is 14.2. The molecule has 0 atom stereocenters. The highest BCUT2D eigenvalue weighted by molar-refractivity contribution is 9.10. The number of morpholine rings is 1. The number of rotatable bonds is 7. The van der Waals surface area contributed by atoms with Crippen molar-refractivity contribution in [3.05, 3.63) is 46.9 Å². The van der Waals surface area contributed by atoms with Crippen LogP contribution in [0.15, 0.2) is 41.1 Å². The minimum Gasteiger partial charge on any atom is -0.493 e. The number of hydrogen-bond acceptors (Lipinski definition) is 7. The Hall–Kier alpha value is -2.69. The second-order valence-corrected chi connectivity index (χ2v) is 7.69. The highest BCUT2D eigenvalue weighted by Gasteiger charge is 2.19. The van der Waals surface area contributed by atoms with E-state index in [0.717, 1.165) is 0 Å². The van der Waals surface area contributed by atoms with E-state index < -0.39 is 5.82 Å². The van der Waals surface area contributed by atoms with Crippen LogP contribution in [0.5, 0.6) is 11.5 Å². The number of halogens is 3. The minimum atomic E-state index is -0.411. The molecule has 0 bridgehead atoms. The molecule has 1 aliphatic heterocycles. The third-order valence-corrected chi connectivity index (χ3v) is 5.30. The van der Waals surface area contributed by atoms with Crippen LogP contribution in [0.25, 0.3) is 10.9 Å². The highest BCUT2D eigenvalue weighted by Crippen LogP contribution is 2.35. The molecule has 1 aromatic heterocycles. The zero-order chi connectivity index (χ0) is 21.8. The molecule has 1 aliphatic rings. The van der Waals surface area contributed by atoms with Gasteiger partial charge in [-0.2, -0.15) is 0 Å². The van der Waals surface area contributed by atoms with Crippen LogP contribution in [0.1, 0.15) is 0 Å². The van der Waals surface area contributed by atoms with Crippen molar-refractivity contribution in [2.45, 2.75) is 0 Å². The number of anilines is 2. The Labute approximate surface area is 198 Å². The van der Waals surface area contributed by atoms with Gasteiger partial charge in [0.05, 0.1) is 31.5 Å². The summed E-state index contributed by atoms with van der Waals surface area (Å²) >= 11 is 3.25. The molecule has 4 rings (SSSR count). The molecule has 1 saturated heterocycles. The number of nitrogens with zero attached hydrogens (tertiary/aromatic N) is 3. The van der Waals surface area contributed by atoms with Gasteiger partial charge >= 0.3 is 0 Å². The zero-order valence-electron chi connectivity index (χ0n) is 17.1. The molecule has 0 saturated carbocycles. The third-order valence-electron chi connectivity index (χ3n) is 4.81. The molecular formula is C21H21BrClFN4O4. The van der Waals surface area contributed by atoms with Crippen molar-refractivity contribution < 1.29 is 23.4 Å². The van der Waals surface area contributed by atoms with Gasteiger partial charge in [-0.25, -0.2) is 14.4 Å². The van der Waals surface area contributed by atoms with Crippen molar-refractivity contribution in [1.82, 2.24) is 14.9 Å². The Morgan fingerprint density at radius 2 is 2.09 bits per heavy atom. The molecule has 1 fully saturated rings. The third kappa shape index (κ3) is 5.37. The number of methoxy groups -OCH3 is 1. The first-order valence-corrected chi connectivity index (χ1v) is 10.4. The minimum absolute atomic E-state index is 0. The number of amides is 1. The standard InChI is InChI=1S/C21H20BrFN4O4.ClH/c1-29-18-9-14-17(10-19(18)31-7-5-27-4-6-30-11-20(27)28)24-12-25-21(14)26-16-3-2-13(22)8-15(16)23;/h2-3,8-10,12H,4-7,11H2,1H3,(H,24,25,26);1H. The van der Waals surface area contributed by atoms with Gasteiger partial charge in [-0.05, 0) is 24.3 Å². The van der Waals surface area contributed by atoms with Gasteiger partial charge in [-0.3, -0.25) is 4.79 Å². The van der Waals surface area contributed by atoms with Crippen LogP contribution in [-0.4, -0.2) is 60.8 Å². The van der Waals surface area contributed by atoms with E-state index in [1.165, 1.54) is 19.5 Å². The zero-order valence-corrected chi connectivity index (χ0v) is 19.5. The molecule has 8 nitrogen and oxygen atoms in total. The van der Waals surface area contributed by atoms with Crippen molar-refractivity contribution in [3.63, 3.8) is 0 Å². The Morgan fingerprint density at radius 1 is 1.25 bits per heavy atom. The largest absolute Gasteiger partial charge is 0.493 e. The molecule has 0 radical (unpaired) electrons. The first-order valence-electron chi connectivity index (χ1n) is 9.58. The van der Waals surface area contributed by atoms with Crippen molar-refractivity contribution in [2.24, 2.45) is 0 Å². The van der Waals surface area contributed by atoms with Crippen LogP contribution in [-0.2, 0) is 9.53 Å². The molecule has 2 heterocycles. The van der Waals surface area contributed by atoms with Crippen LogP contribution in [0.2, 0.25) is 0 Å². The Kier molecular flexibility index (Phi) is 8.05. The van der Waals surface area contributed by atoms with Crippen LogP contribution < -0.4 is 14.8 Å². The second kappa shape index (κ2) is 10.8. The first-order chi connectivity index (χ1) is 15.0. The summed E-state index contributed by atoms with van der Waals surface area (Å²) in [5, 5.41) is 3.66. The fourth-order valence-electron chi connectivity index (χ4n) is 3.21. The maximum Gasteiger partial charge on any atom is 0.248 e. The lowest BCUT2D eigenvalue weighted by Gasteiger charge is -2.26. The topological polar surface area (TPSA) is 85.8 Å². The van der Waals surface area contributed by atoms with Gasteiger partial charge in [-0.15, -0.1) is 12.4 Å². The van der Waals surface area contributed by atoms with E-state index in [1.54, 1.807) is 29.2 Å². The van der Waals surface area contributed by atoms with Gasteiger partial charge in [0.25, 0.3) is 0 Å². The van der Waals surface area contributed by atoms with Gasteiger partial charge in [-0.1, -0.05) is 15.9 Å². The summed E-state index contributed by atoms with van der Waals surface area (Å²) in [4.78, 5) is 22.1. The van der Waals surface area contributed by atoms with Gasteiger partial charge in [0.1, 0.15) is 31.2 Å². The number of aromatic nitrogens is 2. The Balaban J connectivity index is 0.00000289. The van der Waals surface area contributed by atoms with E-state index in [2.05, 4.69) is 31.2 Å². The molecule has 3 aromatic rings. The molecule has 1 N–H and O–H groups in total. The predicted octanol–water partition coefficient (Wildman–Crippen LogP) is 3.94. The number of benzene rings is 2. The lowest BCUT2D eigenvalue weighted by atomic mass is 10.2. The van der Waals surface area contributed by atoms with Gasteiger partial charge in [0.15, 0.2) is 11.5 Å². The normalized spacial score (nSPS) is 13.6. The monoisotopic (exact) mass is 526 g/mol. The summed E-state index contributed by atoms with van der Waals surface area (Å²) < 4.78 is 31.4. The van der Waals surface area contributed by atoms with E-state index in [4.69, 9.17) is 14.2 Å². The summed E-state index contributed by atoms with van der Waals surface area (Å²) in [5.41, 5.74) is 0.894. The smallest absolute Gasteiger partial charge is 0.248 e. The average molecular weight is 528 g/mol. The summed E-state index contributed by atoms with van der Waals surface area (Å²) in [7, 11) is 1.53. The Morgan fingerprint density at radius 3 is 2.84 bits per heavy atom. The lowest BCUT2D eigenvalue weighted by Crippen LogP contribution is -2.43. The van der Waals surface area contributed by atoms with E-state index >= 15 is 0 Å². The number of nitrogens with one attached hydrogen (secondary N) is 1. The molecule has 0 unspecified atom stereocenters. The summed E-state index contributed by atoms with van der Waals surface area (Å²) in [6, 6.07) is 8.21. The van der Waals surface area contributed by atoms with Crippen LogP contribution in [0.4, 0.5) is 15.9 Å². The van der Waals surface area contributed by atoms with E-state index in [0.29, 0.717) is 59.0 Å². The van der Waals surface area contributed by atoms with Crippen molar-refractivity contribution in [3.8, 4) is 11.5 Å². The molecule has 0 aliphatic carbocycles. The summed E-state index contributed by atoms with van der Waals surface area (Å²) in [6.45, 7) is 1.92. The number of hydrogen-bond donors (Lipinski definition) is 1. The lowest BCUT2D eigenvalue weighted by molar-refractivity contribution is -0.143. The van der Waals surface area contributed by atoms with E-state index in [1.807, 2.05) is 0 Å². The van der Waals surface area contributed by atoms with Crippen LogP contribution in [0, 0.1) is 5.82 Å². The van der Waals surface area contributed by atoms with Crippen molar-refractivity contribution in [2.75, 3.05) is 45.3 Å². The van der Waals surface area contributed by atoms with Gasteiger partial charge in [0, 0.05) is 22.5 Å². The van der Waals surface area contributed by atoms with E-state index in [-0.39, 0.29) is 30.6 Å². The quantitative estimate of drug-likeness (QED) is 0.498. The second-order valence-electron chi connectivity index (χ2n) is 6.77. The fraction of sp³-hybridized carbons (Fsp3) is 0.286. The molecule has 32 heavy (non-hydrogen) atoms. The molecule has 1 amide bonds. The summed E-state index contributed by atoms with van der Waals surface area (Å²) in [6.07, 6.45) is 1.39. The predicted molar refractivity (Wildman–Crippen MR) is 124 cm³/mol. The average Bonchev–Trinajstić information content (AvgIpc) is 2.76. The van der Waals surface area contributed by atoms with Crippen molar-refractivity contribution in [1.29, 1.82) is 0 Å². The molecule has 170 valence electrons. The number of ether oxygens (including phenoxy) is 3.